The number of allylic oxidation sites excluding steroid dienone is 1. The summed E-state index contributed by atoms with van der Waals surface area (Å²) in [6.07, 6.45) is 8.40. The molecule has 0 saturated heterocycles. The molecule has 2 fully saturated rings. The monoisotopic (exact) mass is 296 g/mol. The second-order valence-corrected chi connectivity index (χ2v) is 8.04. The lowest BCUT2D eigenvalue weighted by atomic mass is 9.70. The highest BCUT2D eigenvalue weighted by atomic mass is 35.5. The molecule has 3 aliphatic carbocycles. The van der Waals surface area contributed by atoms with Gasteiger partial charge in [0.1, 0.15) is 6.10 Å². The molecular formula is C17H25ClO2. The summed E-state index contributed by atoms with van der Waals surface area (Å²) in [5.74, 6) is 0.388. The molecule has 0 aromatic rings. The van der Waals surface area contributed by atoms with Crippen molar-refractivity contribution in [2.24, 2.45) is 22.7 Å². The Morgan fingerprint density at radius 1 is 1.35 bits per heavy atom. The Morgan fingerprint density at radius 2 is 2.10 bits per heavy atom. The third-order valence-electron chi connectivity index (χ3n) is 6.63. The molecule has 0 aromatic heterocycles. The Kier molecular flexibility index (Phi) is 3.44. The Morgan fingerprint density at radius 3 is 2.65 bits per heavy atom. The maximum atomic E-state index is 12.4. The van der Waals surface area contributed by atoms with Gasteiger partial charge in [-0.15, -0.1) is 0 Å². The van der Waals surface area contributed by atoms with Crippen LogP contribution in [0.25, 0.3) is 0 Å². The molecule has 0 N–H and O–H groups in total. The van der Waals surface area contributed by atoms with Crippen LogP contribution in [0.1, 0.15) is 59.3 Å². The number of carbonyl (C=O) groups is 1. The van der Waals surface area contributed by atoms with Crippen LogP contribution >= 0.6 is 11.6 Å². The van der Waals surface area contributed by atoms with Gasteiger partial charge in [-0.2, -0.15) is 0 Å². The van der Waals surface area contributed by atoms with E-state index in [1.54, 1.807) is 0 Å². The Hall–Kier alpha value is -0.500. The zero-order valence-electron chi connectivity index (χ0n) is 12.7. The van der Waals surface area contributed by atoms with Crippen molar-refractivity contribution in [3.05, 3.63) is 11.1 Å². The predicted octanol–water partition coefficient (Wildman–Crippen LogP) is 4.67. The second kappa shape index (κ2) is 4.76. The lowest BCUT2D eigenvalue weighted by Gasteiger charge is -2.39. The van der Waals surface area contributed by atoms with E-state index >= 15 is 0 Å². The van der Waals surface area contributed by atoms with Gasteiger partial charge in [0.25, 0.3) is 0 Å². The molecule has 3 rings (SSSR count). The number of fused-ring (bicyclic) bond motifs is 2. The van der Waals surface area contributed by atoms with Crippen LogP contribution in [0.5, 0.6) is 0 Å². The van der Waals surface area contributed by atoms with E-state index in [0.717, 1.165) is 25.7 Å². The van der Waals surface area contributed by atoms with Gasteiger partial charge in [-0.05, 0) is 49.9 Å². The molecule has 3 aliphatic rings. The maximum Gasteiger partial charge on any atom is 0.314 e. The number of rotatable bonds is 2. The van der Waals surface area contributed by atoms with Gasteiger partial charge in [0.15, 0.2) is 0 Å². The fourth-order valence-corrected chi connectivity index (χ4v) is 4.91. The number of esters is 1. The minimum atomic E-state index is -0.212. The lowest BCUT2D eigenvalue weighted by molar-refractivity contribution is -0.160. The van der Waals surface area contributed by atoms with Crippen molar-refractivity contribution in [3.63, 3.8) is 0 Å². The van der Waals surface area contributed by atoms with Gasteiger partial charge in [0.05, 0.1) is 5.92 Å². The van der Waals surface area contributed by atoms with Gasteiger partial charge >= 0.3 is 5.97 Å². The molecule has 0 heterocycles. The number of halogens is 1. The van der Waals surface area contributed by atoms with Crippen molar-refractivity contribution in [1.29, 1.82) is 0 Å². The molecule has 0 radical (unpaired) electrons. The zero-order valence-corrected chi connectivity index (χ0v) is 13.5. The third-order valence-corrected chi connectivity index (χ3v) is 7.04. The molecule has 112 valence electrons. The molecule has 1 unspecified atom stereocenters. The molecular weight excluding hydrogens is 272 g/mol. The van der Waals surface area contributed by atoms with Crippen LogP contribution in [0.15, 0.2) is 11.1 Å². The van der Waals surface area contributed by atoms with E-state index in [1.165, 1.54) is 12.8 Å². The SMILES string of the molecule is CC1(C)[C@H]2CC[C@]1(C)[C@H](OC(=O)C1CCCC=C1Cl)C2. The van der Waals surface area contributed by atoms with E-state index in [9.17, 15) is 4.79 Å². The summed E-state index contributed by atoms with van der Waals surface area (Å²) < 4.78 is 5.93. The largest absolute Gasteiger partial charge is 0.461 e. The first kappa shape index (κ1) is 14.4. The van der Waals surface area contributed by atoms with E-state index in [4.69, 9.17) is 16.3 Å². The van der Waals surface area contributed by atoms with Crippen LogP contribution in [0, 0.1) is 22.7 Å². The van der Waals surface area contributed by atoms with Gasteiger partial charge in [-0.3, -0.25) is 4.79 Å². The van der Waals surface area contributed by atoms with E-state index in [2.05, 4.69) is 20.8 Å². The minimum Gasteiger partial charge on any atom is -0.461 e. The number of ether oxygens (including phenoxy) is 1. The average Bonchev–Trinajstić information content (AvgIpc) is 2.72. The number of carbonyl (C=O) groups excluding carboxylic acids is 1. The highest BCUT2D eigenvalue weighted by Crippen LogP contribution is 2.66. The Bertz CT molecular complexity index is 454. The van der Waals surface area contributed by atoms with Crippen LogP contribution in [0.4, 0.5) is 0 Å². The first-order valence-corrected chi connectivity index (χ1v) is 8.30. The normalized spacial score (nSPS) is 42.4. The molecule has 0 aliphatic heterocycles. The molecule has 2 nitrogen and oxygen atoms in total. The first-order valence-electron chi connectivity index (χ1n) is 7.92. The van der Waals surface area contributed by atoms with Crippen molar-refractivity contribution in [2.45, 2.75) is 65.4 Å². The Labute approximate surface area is 126 Å². The van der Waals surface area contributed by atoms with Crippen molar-refractivity contribution in [2.75, 3.05) is 0 Å². The molecule has 3 heteroatoms. The molecule has 0 spiro atoms. The van der Waals surface area contributed by atoms with Crippen LogP contribution in [0.2, 0.25) is 0 Å². The summed E-state index contributed by atoms with van der Waals surface area (Å²) in [7, 11) is 0. The van der Waals surface area contributed by atoms with Crippen molar-refractivity contribution in [3.8, 4) is 0 Å². The van der Waals surface area contributed by atoms with Gasteiger partial charge in [-0.25, -0.2) is 0 Å². The van der Waals surface area contributed by atoms with E-state index in [-0.39, 0.29) is 28.8 Å². The van der Waals surface area contributed by atoms with Crippen molar-refractivity contribution >= 4 is 17.6 Å². The highest BCUT2D eigenvalue weighted by Gasteiger charge is 2.63. The summed E-state index contributed by atoms with van der Waals surface area (Å²) in [5.41, 5.74) is 0.419. The second-order valence-electron chi connectivity index (χ2n) is 7.61. The molecule has 2 saturated carbocycles. The standard InChI is InChI=1S/C17H25ClO2/c1-16(2)11-8-9-17(16,3)14(10-11)20-15(19)12-6-4-5-7-13(12)18/h7,11-12,14H,4-6,8-10H2,1-3H3/t11-,12?,14+,17+/m0/s1. The van der Waals surface area contributed by atoms with Crippen LogP contribution < -0.4 is 0 Å². The van der Waals surface area contributed by atoms with Gasteiger partial charge in [0.2, 0.25) is 0 Å². The van der Waals surface area contributed by atoms with Crippen LogP contribution in [0.3, 0.4) is 0 Å². The summed E-state index contributed by atoms with van der Waals surface area (Å²) in [4.78, 5) is 12.4. The van der Waals surface area contributed by atoms with Crippen LogP contribution in [-0.2, 0) is 9.53 Å². The first-order chi connectivity index (χ1) is 9.36. The predicted molar refractivity (Wildman–Crippen MR) is 80.4 cm³/mol. The van der Waals surface area contributed by atoms with Crippen LogP contribution in [-0.4, -0.2) is 12.1 Å². The van der Waals surface area contributed by atoms with E-state index in [0.29, 0.717) is 11.0 Å². The summed E-state index contributed by atoms with van der Waals surface area (Å²) in [6.45, 7) is 6.98. The van der Waals surface area contributed by atoms with E-state index < -0.39 is 0 Å². The van der Waals surface area contributed by atoms with Crippen molar-refractivity contribution in [1.82, 2.24) is 0 Å². The molecule has 0 amide bonds. The molecule has 2 bridgehead atoms. The minimum absolute atomic E-state index is 0.0788. The van der Waals surface area contributed by atoms with Gasteiger partial charge in [-0.1, -0.05) is 38.4 Å². The lowest BCUT2D eigenvalue weighted by Crippen LogP contribution is -2.39. The molecule has 0 aromatic carbocycles. The number of hydrogen-bond acceptors (Lipinski definition) is 2. The van der Waals surface area contributed by atoms with E-state index in [1.807, 2.05) is 6.08 Å². The Balaban J connectivity index is 1.72. The fraction of sp³-hybridized carbons (Fsp3) is 0.824. The fourth-order valence-electron chi connectivity index (χ4n) is 4.60. The summed E-state index contributed by atoms with van der Waals surface area (Å²) in [6, 6.07) is 0. The smallest absolute Gasteiger partial charge is 0.314 e. The topological polar surface area (TPSA) is 26.3 Å². The molecule has 4 atom stereocenters. The number of hydrogen-bond donors (Lipinski definition) is 0. The van der Waals surface area contributed by atoms with Crippen molar-refractivity contribution < 1.29 is 9.53 Å². The average molecular weight is 297 g/mol. The quantitative estimate of drug-likeness (QED) is 0.692. The summed E-state index contributed by atoms with van der Waals surface area (Å²) >= 11 is 6.19. The molecule has 20 heavy (non-hydrogen) atoms. The maximum absolute atomic E-state index is 12.4. The zero-order chi connectivity index (χ0) is 14.5. The summed E-state index contributed by atoms with van der Waals surface area (Å²) in [5, 5.41) is 0.689. The highest BCUT2D eigenvalue weighted by molar-refractivity contribution is 6.31. The van der Waals surface area contributed by atoms with Gasteiger partial charge in [0, 0.05) is 10.4 Å². The third kappa shape index (κ3) is 1.94. The van der Waals surface area contributed by atoms with Gasteiger partial charge < -0.3 is 4.74 Å².